The lowest BCUT2D eigenvalue weighted by atomic mass is 9.98. The molecule has 2 aliphatic rings. The molecule has 2 N–H and O–H groups in total. The summed E-state index contributed by atoms with van der Waals surface area (Å²) in [5.41, 5.74) is 4.70. The summed E-state index contributed by atoms with van der Waals surface area (Å²) in [6.07, 6.45) is 2.12. The van der Waals surface area contributed by atoms with Crippen molar-refractivity contribution in [2.45, 2.75) is 44.6 Å². The van der Waals surface area contributed by atoms with Crippen LogP contribution in [0.15, 0.2) is 48.5 Å². The maximum absolute atomic E-state index is 12.4. The third-order valence-corrected chi connectivity index (χ3v) is 6.40. The minimum Gasteiger partial charge on any atom is -0.480 e. The highest BCUT2D eigenvalue weighted by Crippen LogP contribution is 2.44. The number of hydrogen-bond donors (Lipinski definition) is 2. The summed E-state index contributed by atoms with van der Waals surface area (Å²) in [5.74, 6) is -1.03. The van der Waals surface area contributed by atoms with Crippen LogP contribution in [0.2, 0.25) is 0 Å². The van der Waals surface area contributed by atoms with Crippen molar-refractivity contribution in [2.24, 2.45) is 5.92 Å². The quantitative estimate of drug-likeness (QED) is 0.570. The van der Waals surface area contributed by atoms with E-state index >= 15 is 0 Å². The number of alkyl carbamates (subject to hydrolysis) is 1. The van der Waals surface area contributed by atoms with Gasteiger partial charge in [-0.3, -0.25) is 9.59 Å². The van der Waals surface area contributed by atoms with Gasteiger partial charge in [-0.25, -0.2) is 4.79 Å². The highest BCUT2D eigenvalue weighted by atomic mass is 16.5. The largest absolute Gasteiger partial charge is 0.480 e. The number of fused-ring (bicyclic) bond motifs is 3. The fourth-order valence-electron chi connectivity index (χ4n) is 4.48. The van der Waals surface area contributed by atoms with Crippen LogP contribution < -0.4 is 5.32 Å². The lowest BCUT2D eigenvalue weighted by Crippen LogP contribution is -2.37. The monoisotopic (exact) mass is 450 g/mol. The number of nitrogens with one attached hydrogen (secondary N) is 1. The van der Waals surface area contributed by atoms with Crippen molar-refractivity contribution in [1.82, 2.24) is 10.2 Å². The number of hydrogen-bond acceptors (Lipinski definition) is 4. The van der Waals surface area contributed by atoms with Gasteiger partial charge in [0.1, 0.15) is 13.2 Å². The van der Waals surface area contributed by atoms with Crippen LogP contribution in [0.5, 0.6) is 0 Å². The van der Waals surface area contributed by atoms with Gasteiger partial charge in [0.2, 0.25) is 5.91 Å². The van der Waals surface area contributed by atoms with Crippen molar-refractivity contribution < 1.29 is 24.2 Å². The maximum Gasteiger partial charge on any atom is 0.407 e. The van der Waals surface area contributed by atoms with E-state index in [0.29, 0.717) is 13.0 Å². The molecule has 1 fully saturated rings. The van der Waals surface area contributed by atoms with E-state index in [1.54, 1.807) is 0 Å². The first kappa shape index (κ1) is 22.8. The Labute approximate surface area is 193 Å². The first-order valence-electron chi connectivity index (χ1n) is 11.5. The molecular weight excluding hydrogens is 420 g/mol. The Morgan fingerprint density at radius 2 is 1.67 bits per heavy atom. The Balaban J connectivity index is 1.22. The molecule has 4 rings (SSSR count). The summed E-state index contributed by atoms with van der Waals surface area (Å²) in [6.45, 7) is 2.37. The summed E-state index contributed by atoms with van der Waals surface area (Å²) in [4.78, 5) is 37.2. The Bertz CT molecular complexity index is 987. The van der Waals surface area contributed by atoms with Gasteiger partial charge in [-0.2, -0.15) is 0 Å². The second-order valence-corrected chi connectivity index (χ2v) is 9.00. The van der Waals surface area contributed by atoms with E-state index in [9.17, 15) is 14.4 Å². The first-order chi connectivity index (χ1) is 15.9. The number of nitrogens with zero attached hydrogens (tertiary/aromatic N) is 1. The Morgan fingerprint density at radius 1 is 1.06 bits per heavy atom. The number of carbonyl (C=O) groups excluding carboxylic acids is 2. The SMILES string of the molecule is CC(CCC(=O)N(CC(=O)O)C1CC1)CNC(=O)OCC1c2ccccc2-c2ccccc21. The minimum atomic E-state index is -0.986. The lowest BCUT2D eigenvalue weighted by Gasteiger charge is -2.21. The summed E-state index contributed by atoms with van der Waals surface area (Å²) < 4.78 is 5.55. The molecule has 2 amide bonds. The normalized spacial score (nSPS) is 15.3. The van der Waals surface area contributed by atoms with E-state index in [1.165, 1.54) is 27.2 Å². The molecule has 7 nitrogen and oxygen atoms in total. The summed E-state index contributed by atoms with van der Waals surface area (Å²) in [5, 5.41) is 11.8. The van der Waals surface area contributed by atoms with Gasteiger partial charge in [-0.1, -0.05) is 55.5 Å². The molecule has 2 aliphatic carbocycles. The highest BCUT2D eigenvalue weighted by Gasteiger charge is 2.33. The summed E-state index contributed by atoms with van der Waals surface area (Å²) in [6, 6.07) is 16.5. The molecule has 1 saturated carbocycles. The zero-order valence-electron chi connectivity index (χ0n) is 18.8. The fraction of sp³-hybridized carbons (Fsp3) is 0.423. The van der Waals surface area contributed by atoms with Crippen molar-refractivity contribution in [3.05, 3.63) is 59.7 Å². The van der Waals surface area contributed by atoms with Crippen LogP contribution in [-0.2, 0) is 14.3 Å². The molecule has 33 heavy (non-hydrogen) atoms. The van der Waals surface area contributed by atoms with Gasteiger partial charge in [0.05, 0.1) is 0 Å². The van der Waals surface area contributed by atoms with E-state index in [4.69, 9.17) is 9.84 Å². The van der Waals surface area contributed by atoms with Gasteiger partial charge in [0.25, 0.3) is 0 Å². The minimum absolute atomic E-state index is 0.0147. The van der Waals surface area contributed by atoms with E-state index in [-0.39, 0.29) is 43.4 Å². The predicted molar refractivity (Wildman–Crippen MR) is 124 cm³/mol. The van der Waals surface area contributed by atoms with E-state index < -0.39 is 12.1 Å². The van der Waals surface area contributed by atoms with Gasteiger partial charge >= 0.3 is 12.1 Å². The van der Waals surface area contributed by atoms with Gasteiger partial charge in [0.15, 0.2) is 0 Å². The van der Waals surface area contributed by atoms with Crippen molar-refractivity contribution >= 4 is 18.0 Å². The number of carboxylic acids is 1. The van der Waals surface area contributed by atoms with Crippen LogP contribution >= 0.6 is 0 Å². The number of carboxylic acid groups (broad SMARTS) is 1. The molecule has 0 aromatic heterocycles. The third-order valence-electron chi connectivity index (χ3n) is 6.40. The zero-order chi connectivity index (χ0) is 23.4. The average Bonchev–Trinajstić information content (AvgIpc) is 3.60. The second-order valence-electron chi connectivity index (χ2n) is 9.00. The average molecular weight is 451 g/mol. The highest BCUT2D eigenvalue weighted by molar-refractivity contribution is 5.82. The Hall–Kier alpha value is -3.35. The molecule has 0 saturated heterocycles. The molecule has 2 aromatic rings. The van der Waals surface area contributed by atoms with Crippen molar-refractivity contribution in [3.63, 3.8) is 0 Å². The van der Waals surface area contributed by atoms with E-state index in [2.05, 4.69) is 29.6 Å². The van der Waals surface area contributed by atoms with Crippen molar-refractivity contribution in [2.75, 3.05) is 19.7 Å². The van der Waals surface area contributed by atoms with Gasteiger partial charge < -0.3 is 20.1 Å². The maximum atomic E-state index is 12.4. The zero-order valence-corrected chi connectivity index (χ0v) is 18.8. The number of carbonyl (C=O) groups is 3. The van der Waals surface area contributed by atoms with Gasteiger partial charge in [0, 0.05) is 24.9 Å². The van der Waals surface area contributed by atoms with Crippen molar-refractivity contribution in [3.8, 4) is 11.1 Å². The Morgan fingerprint density at radius 3 is 2.24 bits per heavy atom. The standard InChI is InChI=1S/C26H30N2O5/c1-17(10-13-24(29)28(15-25(30)31)18-11-12-18)14-27-26(32)33-16-23-21-8-4-2-6-19(21)20-7-3-5-9-22(20)23/h2-9,17-18,23H,10-16H2,1H3,(H,27,32)(H,30,31). The van der Waals surface area contributed by atoms with Crippen LogP contribution in [-0.4, -0.2) is 53.7 Å². The van der Waals surface area contributed by atoms with Crippen LogP contribution in [0.1, 0.15) is 49.7 Å². The summed E-state index contributed by atoms with van der Waals surface area (Å²) in [7, 11) is 0. The number of aliphatic carboxylic acids is 1. The number of amides is 2. The Kier molecular flexibility index (Phi) is 6.96. The molecular formula is C26H30N2O5. The smallest absolute Gasteiger partial charge is 0.407 e. The fourth-order valence-corrected chi connectivity index (χ4v) is 4.48. The molecule has 1 unspecified atom stereocenters. The number of benzene rings is 2. The van der Waals surface area contributed by atoms with E-state index in [1.807, 2.05) is 31.2 Å². The molecule has 0 heterocycles. The third kappa shape index (κ3) is 5.53. The first-order valence-corrected chi connectivity index (χ1v) is 11.5. The number of rotatable bonds is 10. The molecule has 1 atom stereocenters. The van der Waals surface area contributed by atoms with Crippen molar-refractivity contribution in [1.29, 1.82) is 0 Å². The molecule has 174 valence electrons. The van der Waals surface area contributed by atoms with Crippen LogP contribution in [0.3, 0.4) is 0 Å². The topological polar surface area (TPSA) is 95.9 Å². The molecule has 0 bridgehead atoms. The molecule has 2 aromatic carbocycles. The molecule has 0 aliphatic heterocycles. The number of ether oxygens (including phenoxy) is 1. The lowest BCUT2D eigenvalue weighted by molar-refractivity contribution is -0.145. The molecule has 0 spiro atoms. The second kappa shape index (κ2) is 10.1. The predicted octanol–water partition coefficient (Wildman–Crippen LogP) is 4.02. The van der Waals surface area contributed by atoms with Crippen LogP contribution in [0.4, 0.5) is 4.79 Å². The van der Waals surface area contributed by atoms with E-state index in [0.717, 1.165) is 12.8 Å². The van der Waals surface area contributed by atoms with Gasteiger partial charge in [-0.05, 0) is 47.4 Å². The molecule has 0 radical (unpaired) electrons. The summed E-state index contributed by atoms with van der Waals surface area (Å²) >= 11 is 0. The van der Waals surface area contributed by atoms with Crippen LogP contribution in [0.25, 0.3) is 11.1 Å². The molecule has 7 heteroatoms. The van der Waals surface area contributed by atoms with Crippen LogP contribution in [0, 0.1) is 5.92 Å². The van der Waals surface area contributed by atoms with Gasteiger partial charge in [-0.15, -0.1) is 0 Å².